The molecule has 0 saturated heterocycles. The van der Waals surface area contributed by atoms with Crippen LogP contribution in [0, 0.1) is 5.92 Å². The summed E-state index contributed by atoms with van der Waals surface area (Å²) in [6, 6.07) is 0. The Hall–Kier alpha value is -1.97. The lowest BCUT2D eigenvalue weighted by Crippen LogP contribution is -2.35. The average molecular weight is 242 g/mol. The third kappa shape index (κ3) is 1.74. The van der Waals surface area contributed by atoms with Crippen LogP contribution in [0.2, 0.25) is 0 Å². The summed E-state index contributed by atoms with van der Waals surface area (Å²) in [4.78, 5) is 26.8. The summed E-state index contributed by atoms with van der Waals surface area (Å²) in [5.41, 5.74) is 3.65. The second kappa shape index (κ2) is 4.05. The first-order valence-electron chi connectivity index (χ1n) is 6.17. The molecular weight excluding hydrogens is 228 g/mol. The Balaban J connectivity index is 1.99. The standard InChI is InChI=1S/C14H14N2O2/c1-8(17)15-9-5-6-11-10-3-2-4-12(10)14(18)16-13(11)7-9/h5-7,11H,2-4H2,1H3,(H,16,18). The van der Waals surface area contributed by atoms with Crippen LogP contribution in [0.1, 0.15) is 26.2 Å². The molecule has 0 bridgehead atoms. The summed E-state index contributed by atoms with van der Waals surface area (Å²) in [6.07, 6.45) is 8.62. The van der Waals surface area contributed by atoms with E-state index in [4.69, 9.17) is 0 Å². The van der Waals surface area contributed by atoms with Gasteiger partial charge in [0.05, 0.1) is 5.71 Å². The largest absolute Gasteiger partial charge is 0.325 e. The number of rotatable bonds is 0. The fourth-order valence-corrected chi connectivity index (χ4v) is 2.84. The number of carbonyl (C=O) groups excluding carboxylic acids is 2. The molecule has 4 nitrogen and oxygen atoms in total. The molecule has 4 heteroatoms. The Morgan fingerprint density at radius 2 is 2.28 bits per heavy atom. The van der Waals surface area contributed by atoms with Gasteiger partial charge in [0.25, 0.3) is 5.91 Å². The highest BCUT2D eigenvalue weighted by molar-refractivity contribution is 6.11. The lowest BCUT2D eigenvalue weighted by Gasteiger charge is -2.28. The molecule has 2 amide bonds. The molecule has 1 aliphatic heterocycles. The van der Waals surface area contributed by atoms with Crippen LogP contribution in [-0.4, -0.2) is 17.5 Å². The summed E-state index contributed by atoms with van der Waals surface area (Å²) in [6.45, 7) is 1.42. The molecule has 18 heavy (non-hydrogen) atoms. The smallest absolute Gasteiger partial charge is 0.251 e. The van der Waals surface area contributed by atoms with E-state index in [1.165, 1.54) is 12.5 Å². The molecule has 0 aromatic heterocycles. The van der Waals surface area contributed by atoms with E-state index < -0.39 is 0 Å². The fraction of sp³-hybridized carbons (Fsp3) is 0.357. The maximum Gasteiger partial charge on any atom is 0.251 e. The number of fused-ring (bicyclic) bond motifs is 2. The zero-order valence-corrected chi connectivity index (χ0v) is 10.2. The molecule has 0 spiro atoms. The van der Waals surface area contributed by atoms with Crippen LogP contribution in [0.15, 0.2) is 40.1 Å². The fourth-order valence-electron chi connectivity index (χ4n) is 2.84. The van der Waals surface area contributed by atoms with Gasteiger partial charge in [0.2, 0.25) is 5.91 Å². The molecule has 0 radical (unpaired) electrons. The molecule has 1 heterocycles. The third-order valence-corrected chi connectivity index (χ3v) is 3.55. The van der Waals surface area contributed by atoms with Crippen LogP contribution >= 0.6 is 0 Å². The molecule has 3 aliphatic rings. The van der Waals surface area contributed by atoms with E-state index in [1.807, 2.05) is 12.2 Å². The second-order valence-corrected chi connectivity index (χ2v) is 4.80. The molecule has 1 atom stereocenters. The predicted molar refractivity (Wildman–Crippen MR) is 67.8 cm³/mol. The Bertz CT molecular complexity index is 564. The topological polar surface area (TPSA) is 58.5 Å². The zero-order valence-electron chi connectivity index (χ0n) is 10.2. The van der Waals surface area contributed by atoms with Gasteiger partial charge < -0.3 is 5.32 Å². The van der Waals surface area contributed by atoms with E-state index in [9.17, 15) is 9.59 Å². The number of hydrogen-bond donors (Lipinski definition) is 1. The summed E-state index contributed by atoms with van der Waals surface area (Å²) < 4.78 is 0. The van der Waals surface area contributed by atoms with Crippen molar-refractivity contribution < 1.29 is 9.59 Å². The van der Waals surface area contributed by atoms with Crippen molar-refractivity contribution in [3.63, 3.8) is 0 Å². The van der Waals surface area contributed by atoms with Gasteiger partial charge in [0, 0.05) is 24.1 Å². The molecular formula is C14H14N2O2. The number of nitrogens with one attached hydrogen (secondary N) is 1. The number of amides is 2. The van der Waals surface area contributed by atoms with Gasteiger partial charge in [-0.05, 0) is 37.0 Å². The minimum Gasteiger partial charge on any atom is -0.325 e. The highest BCUT2D eigenvalue weighted by atomic mass is 16.2. The monoisotopic (exact) mass is 242 g/mol. The molecule has 0 aromatic carbocycles. The van der Waals surface area contributed by atoms with Crippen LogP contribution in [0.3, 0.4) is 0 Å². The number of hydrogen-bond acceptors (Lipinski definition) is 2. The SMILES string of the molecule is CC(=O)N=C1C=CC2C(=C1)NC(=O)C1=C2CCC1. The van der Waals surface area contributed by atoms with Crippen molar-refractivity contribution >= 4 is 17.5 Å². The summed E-state index contributed by atoms with van der Waals surface area (Å²) in [5, 5.41) is 2.91. The Morgan fingerprint density at radius 3 is 3.06 bits per heavy atom. The summed E-state index contributed by atoms with van der Waals surface area (Å²) in [5.74, 6) is -0.0403. The van der Waals surface area contributed by atoms with Crippen molar-refractivity contribution in [1.29, 1.82) is 0 Å². The van der Waals surface area contributed by atoms with Crippen molar-refractivity contribution in [2.75, 3.05) is 0 Å². The molecule has 3 rings (SSSR count). The lowest BCUT2D eigenvalue weighted by atomic mass is 9.85. The minimum absolute atomic E-state index is 0.0162. The number of allylic oxidation sites excluding steroid dienone is 3. The first-order valence-corrected chi connectivity index (χ1v) is 6.17. The van der Waals surface area contributed by atoms with E-state index in [2.05, 4.69) is 10.3 Å². The van der Waals surface area contributed by atoms with Crippen LogP contribution in [-0.2, 0) is 9.59 Å². The van der Waals surface area contributed by atoms with Gasteiger partial charge in [0.1, 0.15) is 0 Å². The minimum atomic E-state index is -0.229. The average Bonchev–Trinajstić information content (AvgIpc) is 2.77. The Labute approximate surface area is 105 Å². The van der Waals surface area contributed by atoms with E-state index >= 15 is 0 Å². The number of carbonyl (C=O) groups is 2. The van der Waals surface area contributed by atoms with E-state index in [-0.39, 0.29) is 17.7 Å². The molecule has 0 saturated carbocycles. The van der Waals surface area contributed by atoms with Gasteiger partial charge in [-0.2, -0.15) is 0 Å². The second-order valence-electron chi connectivity index (χ2n) is 4.80. The van der Waals surface area contributed by atoms with Crippen molar-refractivity contribution in [2.24, 2.45) is 10.9 Å². The maximum absolute atomic E-state index is 11.9. The summed E-state index contributed by atoms with van der Waals surface area (Å²) in [7, 11) is 0. The van der Waals surface area contributed by atoms with Crippen LogP contribution in [0.5, 0.6) is 0 Å². The quantitative estimate of drug-likeness (QED) is 0.702. The highest BCUT2D eigenvalue weighted by Crippen LogP contribution is 2.39. The first kappa shape index (κ1) is 11.1. The Kier molecular flexibility index (Phi) is 2.51. The van der Waals surface area contributed by atoms with Crippen LogP contribution in [0.4, 0.5) is 0 Å². The van der Waals surface area contributed by atoms with Crippen molar-refractivity contribution in [3.8, 4) is 0 Å². The lowest BCUT2D eigenvalue weighted by molar-refractivity contribution is -0.117. The van der Waals surface area contributed by atoms with Crippen LogP contribution < -0.4 is 5.32 Å². The Morgan fingerprint density at radius 1 is 1.44 bits per heavy atom. The summed E-state index contributed by atoms with van der Waals surface area (Å²) >= 11 is 0. The molecule has 0 aromatic rings. The predicted octanol–water partition coefficient (Wildman–Crippen LogP) is 1.65. The van der Waals surface area contributed by atoms with Crippen molar-refractivity contribution in [2.45, 2.75) is 26.2 Å². The zero-order chi connectivity index (χ0) is 12.7. The molecule has 1 N–H and O–H groups in total. The maximum atomic E-state index is 11.9. The molecule has 92 valence electrons. The van der Waals surface area contributed by atoms with E-state index in [1.54, 1.807) is 6.08 Å². The highest BCUT2D eigenvalue weighted by Gasteiger charge is 2.34. The van der Waals surface area contributed by atoms with Gasteiger partial charge in [0.15, 0.2) is 0 Å². The normalized spacial score (nSPS) is 27.8. The molecule has 1 unspecified atom stereocenters. The van der Waals surface area contributed by atoms with Crippen molar-refractivity contribution in [1.82, 2.24) is 5.32 Å². The number of nitrogens with zero attached hydrogens (tertiary/aromatic N) is 1. The van der Waals surface area contributed by atoms with Gasteiger partial charge in [-0.15, -0.1) is 0 Å². The molecule has 0 fully saturated rings. The van der Waals surface area contributed by atoms with Gasteiger partial charge in [-0.1, -0.05) is 6.08 Å². The number of aliphatic imine (C=N–C) groups is 1. The van der Waals surface area contributed by atoms with E-state index in [0.717, 1.165) is 30.5 Å². The van der Waals surface area contributed by atoms with Gasteiger partial charge >= 0.3 is 0 Å². The van der Waals surface area contributed by atoms with E-state index in [0.29, 0.717) is 5.71 Å². The van der Waals surface area contributed by atoms with Crippen molar-refractivity contribution in [3.05, 3.63) is 35.1 Å². The third-order valence-electron chi connectivity index (χ3n) is 3.55. The van der Waals surface area contributed by atoms with Gasteiger partial charge in [-0.25, -0.2) is 4.99 Å². The molecule has 2 aliphatic carbocycles. The first-order chi connectivity index (χ1) is 8.65. The van der Waals surface area contributed by atoms with Gasteiger partial charge in [-0.3, -0.25) is 9.59 Å². The van der Waals surface area contributed by atoms with Crippen LogP contribution in [0.25, 0.3) is 0 Å².